The second-order valence-corrected chi connectivity index (χ2v) is 8.15. The van der Waals surface area contributed by atoms with E-state index in [0.29, 0.717) is 32.5 Å². The zero-order valence-corrected chi connectivity index (χ0v) is 17.0. The van der Waals surface area contributed by atoms with E-state index in [4.69, 9.17) is 9.47 Å². The van der Waals surface area contributed by atoms with E-state index in [-0.39, 0.29) is 48.9 Å². The van der Waals surface area contributed by atoms with E-state index >= 15 is 0 Å². The molecule has 1 aliphatic heterocycles. The molecule has 1 aromatic rings. The Morgan fingerprint density at radius 3 is 2.62 bits per heavy atom. The summed E-state index contributed by atoms with van der Waals surface area (Å²) in [7, 11) is 0. The second kappa shape index (κ2) is 9.87. The van der Waals surface area contributed by atoms with Crippen LogP contribution in [0.3, 0.4) is 0 Å². The third-order valence-corrected chi connectivity index (χ3v) is 5.53. The molecule has 1 aliphatic carbocycles. The van der Waals surface area contributed by atoms with Crippen LogP contribution in [0.4, 0.5) is 0 Å². The minimum absolute atomic E-state index is 0.0211. The van der Waals surface area contributed by atoms with Gasteiger partial charge in [-0.2, -0.15) is 0 Å². The fraction of sp³-hybridized carbons (Fsp3) is 0.591. The third kappa shape index (κ3) is 6.56. The summed E-state index contributed by atoms with van der Waals surface area (Å²) in [5.41, 5.74) is 0.652. The molecule has 7 nitrogen and oxygen atoms in total. The molecule has 0 spiro atoms. The highest BCUT2D eigenvalue weighted by atomic mass is 16.5. The van der Waals surface area contributed by atoms with E-state index in [1.165, 1.54) is 0 Å². The van der Waals surface area contributed by atoms with Crippen molar-refractivity contribution in [3.63, 3.8) is 0 Å². The van der Waals surface area contributed by atoms with Gasteiger partial charge in [0.15, 0.2) is 0 Å². The molecule has 0 aromatic heterocycles. The summed E-state index contributed by atoms with van der Waals surface area (Å²) in [5.74, 6) is -0.412. The molecule has 1 atom stereocenters. The topological polar surface area (TPSA) is 84.9 Å². The Kier molecular flexibility index (Phi) is 7.25. The molecular formula is C22H30N2O5. The van der Waals surface area contributed by atoms with Gasteiger partial charge in [-0.25, -0.2) is 0 Å². The zero-order valence-electron chi connectivity index (χ0n) is 17.0. The standard InChI is InChI=1S/C22H30N2O5/c1-22(10-11-22)21(27)29-16-18-14-24(13-12-23-18)19(25)8-5-9-20(26)28-15-17-6-3-2-4-7-17/h2-4,6-7,18,23H,5,8-16H2,1H3. The average molecular weight is 402 g/mol. The van der Waals surface area contributed by atoms with Crippen LogP contribution < -0.4 is 5.32 Å². The summed E-state index contributed by atoms with van der Waals surface area (Å²) < 4.78 is 10.6. The monoisotopic (exact) mass is 402 g/mol. The molecule has 1 unspecified atom stereocenters. The minimum atomic E-state index is -0.292. The fourth-order valence-corrected chi connectivity index (χ4v) is 3.26. The number of hydrogen-bond donors (Lipinski definition) is 1. The van der Waals surface area contributed by atoms with Gasteiger partial charge in [-0.1, -0.05) is 30.3 Å². The Morgan fingerprint density at radius 2 is 1.90 bits per heavy atom. The maximum atomic E-state index is 12.5. The highest BCUT2D eigenvalue weighted by Gasteiger charge is 2.46. The molecule has 2 aliphatic rings. The van der Waals surface area contributed by atoms with Gasteiger partial charge in [-0.05, 0) is 31.7 Å². The van der Waals surface area contributed by atoms with E-state index in [0.717, 1.165) is 18.4 Å². The smallest absolute Gasteiger partial charge is 0.311 e. The normalized spacial score (nSPS) is 20.0. The first-order valence-electron chi connectivity index (χ1n) is 10.3. The number of esters is 2. The minimum Gasteiger partial charge on any atom is -0.464 e. The maximum absolute atomic E-state index is 12.5. The number of carbonyl (C=O) groups is 3. The van der Waals surface area contributed by atoms with E-state index in [1.54, 1.807) is 4.90 Å². The summed E-state index contributed by atoms with van der Waals surface area (Å²) in [6.45, 7) is 4.27. The highest BCUT2D eigenvalue weighted by Crippen LogP contribution is 2.45. The van der Waals surface area contributed by atoms with E-state index in [2.05, 4.69) is 5.32 Å². The Hall–Kier alpha value is -2.41. The van der Waals surface area contributed by atoms with Gasteiger partial charge in [0, 0.05) is 32.5 Å². The lowest BCUT2D eigenvalue weighted by molar-refractivity contribution is -0.150. The van der Waals surface area contributed by atoms with Crippen LogP contribution in [0.15, 0.2) is 30.3 Å². The van der Waals surface area contributed by atoms with Crippen LogP contribution in [-0.4, -0.2) is 55.0 Å². The number of benzene rings is 1. The van der Waals surface area contributed by atoms with E-state index < -0.39 is 0 Å². The Bertz CT molecular complexity index is 717. The van der Waals surface area contributed by atoms with Gasteiger partial charge in [0.25, 0.3) is 0 Å². The molecule has 1 saturated heterocycles. The average Bonchev–Trinajstić information content (AvgIpc) is 3.50. The van der Waals surface area contributed by atoms with Crippen molar-refractivity contribution in [2.24, 2.45) is 5.41 Å². The first-order chi connectivity index (χ1) is 14.0. The second-order valence-electron chi connectivity index (χ2n) is 8.15. The van der Waals surface area contributed by atoms with E-state index in [9.17, 15) is 14.4 Å². The van der Waals surface area contributed by atoms with Crippen molar-refractivity contribution in [2.45, 2.75) is 51.7 Å². The number of hydrogen-bond acceptors (Lipinski definition) is 6. The SMILES string of the molecule is CC1(C(=O)OCC2CN(C(=O)CCCC(=O)OCc3ccccc3)CCN2)CC1. The maximum Gasteiger partial charge on any atom is 0.311 e. The fourth-order valence-electron chi connectivity index (χ4n) is 3.26. The van der Waals surface area contributed by atoms with Crippen LogP contribution >= 0.6 is 0 Å². The predicted molar refractivity (Wildman–Crippen MR) is 107 cm³/mol. The Balaban J connectivity index is 1.31. The Labute approximate surface area is 171 Å². The number of ether oxygens (including phenoxy) is 2. The lowest BCUT2D eigenvalue weighted by Gasteiger charge is -2.33. The summed E-state index contributed by atoms with van der Waals surface area (Å²) in [4.78, 5) is 38.0. The Morgan fingerprint density at radius 1 is 1.14 bits per heavy atom. The largest absolute Gasteiger partial charge is 0.464 e. The lowest BCUT2D eigenvalue weighted by atomic mass is 10.1. The van der Waals surface area contributed by atoms with Crippen LogP contribution in [0.5, 0.6) is 0 Å². The van der Waals surface area contributed by atoms with Crippen LogP contribution in [0.2, 0.25) is 0 Å². The highest BCUT2D eigenvalue weighted by molar-refractivity contribution is 5.79. The van der Waals surface area contributed by atoms with E-state index in [1.807, 2.05) is 37.3 Å². The molecule has 158 valence electrons. The molecule has 1 aromatic carbocycles. The van der Waals surface area contributed by atoms with Gasteiger partial charge < -0.3 is 19.7 Å². The molecule has 2 fully saturated rings. The number of piperazine rings is 1. The molecule has 29 heavy (non-hydrogen) atoms. The van der Waals surface area contributed by atoms with Crippen molar-refractivity contribution in [3.8, 4) is 0 Å². The predicted octanol–water partition coefficient (Wildman–Crippen LogP) is 2.04. The van der Waals surface area contributed by atoms with Gasteiger partial charge >= 0.3 is 11.9 Å². The van der Waals surface area contributed by atoms with Crippen molar-refractivity contribution < 1.29 is 23.9 Å². The van der Waals surface area contributed by atoms with Crippen LogP contribution in [-0.2, 0) is 30.5 Å². The molecule has 1 amide bonds. The number of nitrogens with zero attached hydrogens (tertiary/aromatic N) is 1. The number of nitrogens with one attached hydrogen (secondary N) is 1. The molecule has 1 saturated carbocycles. The first-order valence-corrected chi connectivity index (χ1v) is 10.3. The van der Waals surface area contributed by atoms with Gasteiger partial charge in [-0.15, -0.1) is 0 Å². The summed E-state index contributed by atoms with van der Waals surface area (Å²) in [6.07, 6.45) is 2.79. The van der Waals surface area contributed by atoms with Gasteiger partial charge in [0.2, 0.25) is 5.91 Å². The molecule has 1 N–H and O–H groups in total. The number of carbonyl (C=O) groups excluding carboxylic acids is 3. The summed E-state index contributed by atoms with van der Waals surface area (Å²) in [6, 6.07) is 9.47. The van der Waals surface area contributed by atoms with Crippen molar-refractivity contribution in [1.82, 2.24) is 10.2 Å². The van der Waals surface area contributed by atoms with Gasteiger partial charge in [0.05, 0.1) is 11.5 Å². The van der Waals surface area contributed by atoms with Gasteiger partial charge in [-0.3, -0.25) is 14.4 Å². The molecule has 7 heteroatoms. The quantitative estimate of drug-likeness (QED) is 0.637. The van der Waals surface area contributed by atoms with Crippen LogP contribution in [0, 0.1) is 5.41 Å². The first kappa shape index (κ1) is 21.3. The summed E-state index contributed by atoms with van der Waals surface area (Å²) in [5, 5.41) is 3.29. The van der Waals surface area contributed by atoms with Crippen molar-refractivity contribution in [2.75, 3.05) is 26.2 Å². The summed E-state index contributed by atoms with van der Waals surface area (Å²) >= 11 is 0. The molecular weight excluding hydrogens is 372 g/mol. The number of amides is 1. The zero-order chi connectivity index (χ0) is 20.7. The number of rotatable bonds is 9. The third-order valence-electron chi connectivity index (χ3n) is 5.53. The van der Waals surface area contributed by atoms with Crippen LogP contribution in [0.25, 0.3) is 0 Å². The lowest BCUT2D eigenvalue weighted by Crippen LogP contribution is -2.54. The van der Waals surface area contributed by atoms with Crippen molar-refractivity contribution >= 4 is 17.8 Å². The molecule has 1 heterocycles. The molecule has 3 rings (SSSR count). The van der Waals surface area contributed by atoms with Crippen LogP contribution in [0.1, 0.15) is 44.6 Å². The van der Waals surface area contributed by atoms with Crippen molar-refractivity contribution in [3.05, 3.63) is 35.9 Å². The molecule has 0 radical (unpaired) electrons. The van der Waals surface area contributed by atoms with Gasteiger partial charge in [0.1, 0.15) is 13.2 Å². The van der Waals surface area contributed by atoms with Crippen molar-refractivity contribution in [1.29, 1.82) is 0 Å². The molecule has 0 bridgehead atoms.